The summed E-state index contributed by atoms with van der Waals surface area (Å²) in [4.78, 5) is 13.7. The summed E-state index contributed by atoms with van der Waals surface area (Å²) in [6.45, 7) is 1.46. The molecule has 4 heteroatoms. The first-order valence-corrected chi connectivity index (χ1v) is 5.50. The Bertz CT molecular complexity index is 397. The van der Waals surface area contributed by atoms with Crippen molar-refractivity contribution in [3.63, 3.8) is 0 Å². The number of hydrogen-bond acceptors (Lipinski definition) is 3. The quantitative estimate of drug-likeness (QED) is 0.710. The second kappa shape index (κ2) is 4.43. The van der Waals surface area contributed by atoms with Crippen LogP contribution in [-0.2, 0) is 0 Å². The van der Waals surface area contributed by atoms with Gasteiger partial charge in [-0.3, -0.25) is 4.79 Å². The first-order valence-electron chi connectivity index (χ1n) is 5.50. The summed E-state index contributed by atoms with van der Waals surface area (Å²) in [6.07, 6.45) is 3.16. The van der Waals surface area contributed by atoms with Gasteiger partial charge in [-0.2, -0.15) is 0 Å². The molecule has 16 heavy (non-hydrogen) atoms. The lowest BCUT2D eigenvalue weighted by Gasteiger charge is -2.26. The normalized spacial score (nSPS) is 16.1. The Morgan fingerprint density at radius 1 is 1.12 bits per heavy atom. The van der Waals surface area contributed by atoms with Gasteiger partial charge in [-0.25, -0.2) is 0 Å². The number of carbonyl (C=O) groups is 1. The average Bonchev–Trinajstić information content (AvgIpc) is 2.33. The Labute approximate surface area is 94.1 Å². The van der Waals surface area contributed by atoms with Crippen molar-refractivity contribution in [1.29, 1.82) is 0 Å². The van der Waals surface area contributed by atoms with Crippen LogP contribution in [0, 0.1) is 0 Å². The number of carbonyl (C=O) groups excluding carboxylic acids is 1. The topological polar surface area (TPSA) is 60.8 Å². The van der Waals surface area contributed by atoms with Crippen LogP contribution in [0.5, 0.6) is 11.5 Å². The maximum absolute atomic E-state index is 12.0. The molecule has 1 fully saturated rings. The fourth-order valence-electron chi connectivity index (χ4n) is 1.97. The molecule has 2 N–H and O–H groups in total. The van der Waals surface area contributed by atoms with Crippen LogP contribution in [0.2, 0.25) is 0 Å². The fourth-order valence-corrected chi connectivity index (χ4v) is 1.97. The van der Waals surface area contributed by atoms with Crippen molar-refractivity contribution in [3.05, 3.63) is 23.8 Å². The van der Waals surface area contributed by atoms with E-state index in [0.717, 1.165) is 32.4 Å². The van der Waals surface area contributed by atoms with Gasteiger partial charge in [0.05, 0.1) is 5.56 Å². The molecule has 0 unspecified atom stereocenters. The van der Waals surface area contributed by atoms with E-state index in [2.05, 4.69) is 0 Å². The monoisotopic (exact) mass is 221 g/mol. The molecule has 86 valence electrons. The first kappa shape index (κ1) is 10.8. The number of phenolic OH excluding ortho intramolecular Hbond substituents is 2. The number of aromatic hydroxyl groups is 2. The molecule has 0 bridgehead atoms. The third-order valence-corrected chi connectivity index (χ3v) is 2.89. The van der Waals surface area contributed by atoms with E-state index < -0.39 is 0 Å². The van der Waals surface area contributed by atoms with Crippen molar-refractivity contribution in [2.75, 3.05) is 13.1 Å². The first-order chi connectivity index (χ1) is 7.70. The van der Waals surface area contributed by atoms with Gasteiger partial charge in [0.25, 0.3) is 5.91 Å². The van der Waals surface area contributed by atoms with Crippen LogP contribution in [0.25, 0.3) is 0 Å². The number of hydrogen-bond donors (Lipinski definition) is 2. The molecule has 1 aromatic rings. The molecule has 4 nitrogen and oxygen atoms in total. The van der Waals surface area contributed by atoms with E-state index in [-0.39, 0.29) is 23.0 Å². The Balaban J connectivity index is 2.22. The number of nitrogens with zero attached hydrogens (tertiary/aromatic N) is 1. The van der Waals surface area contributed by atoms with Crippen LogP contribution < -0.4 is 0 Å². The third kappa shape index (κ3) is 1.96. The lowest BCUT2D eigenvalue weighted by Crippen LogP contribution is -2.35. The van der Waals surface area contributed by atoms with Gasteiger partial charge in [0.2, 0.25) is 0 Å². The van der Waals surface area contributed by atoms with Crippen LogP contribution in [-0.4, -0.2) is 34.1 Å². The standard InChI is InChI=1S/C12H15NO3/c14-10-6-4-5-9(11(10)15)12(16)13-7-2-1-3-8-13/h4-6,14-15H,1-3,7-8H2. The molecule has 0 atom stereocenters. The van der Waals surface area contributed by atoms with E-state index in [4.69, 9.17) is 0 Å². The third-order valence-electron chi connectivity index (χ3n) is 2.89. The molecule has 0 radical (unpaired) electrons. The summed E-state index contributed by atoms with van der Waals surface area (Å²) >= 11 is 0. The predicted octanol–water partition coefficient (Wildman–Crippen LogP) is 1.72. The summed E-state index contributed by atoms with van der Waals surface area (Å²) in [5.74, 6) is -0.769. The minimum Gasteiger partial charge on any atom is -0.504 e. The summed E-state index contributed by atoms with van der Waals surface area (Å²) in [5, 5.41) is 18.9. The van der Waals surface area contributed by atoms with Crippen molar-refractivity contribution in [2.24, 2.45) is 0 Å². The van der Waals surface area contributed by atoms with Crippen LogP contribution in [0.3, 0.4) is 0 Å². The smallest absolute Gasteiger partial charge is 0.257 e. The number of amides is 1. The van der Waals surface area contributed by atoms with Gasteiger partial charge in [-0.05, 0) is 31.4 Å². The van der Waals surface area contributed by atoms with Crippen LogP contribution in [0.1, 0.15) is 29.6 Å². The molecular weight excluding hydrogens is 206 g/mol. The molecule has 1 amide bonds. The van der Waals surface area contributed by atoms with Gasteiger partial charge < -0.3 is 15.1 Å². The molecule has 0 saturated carbocycles. The fraction of sp³-hybridized carbons (Fsp3) is 0.417. The second-order valence-electron chi connectivity index (χ2n) is 4.03. The summed E-state index contributed by atoms with van der Waals surface area (Å²) in [6, 6.07) is 4.46. The van der Waals surface area contributed by atoms with E-state index in [1.807, 2.05) is 0 Å². The average molecular weight is 221 g/mol. The Kier molecular flexibility index (Phi) is 2.99. The zero-order chi connectivity index (χ0) is 11.5. The largest absolute Gasteiger partial charge is 0.504 e. The highest BCUT2D eigenvalue weighted by molar-refractivity contribution is 5.97. The minimum absolute atomic E-state index is 0.182. The molecule has 0 spiro atoms. The second-order valence-corrected chi connectivity index (χ2v) is 4.03. The molecule has 1 aliphatic rings. The highest BCUT2D eigenvalue weighted by atomic mass is 16.3. The molecule has 1 saturated heterocycles. The molecule has 1 heterocycles. The van der Waals surface area contributed by atoms with E-state index in [9.17, 15) is 15.0 Å². The van der Waals surface area contributed by atoms with Crippen molar-refractivity contribution >= 4 is 5.91 Å². The van der Waals surface area contributed by atoms with Crippen LogP contribution >= 0.6 is 0 Å². The van der Waals surface area contributed by atoms with Crippen LogP contribution in [0.15, 0.2) is 18.2 Å². The number of benzene rings is 1. The Morgan fingerprint density at radius 2 is 1.81 bits per heavy atom. The zero-order valence-electron chi connectivity index (χ0n) is 9.02. The van der Waals surface area contributed by atoms with Gasteiger partial charge in [0.15, 0.2) is 11.5 Å². The van der Waals surface area contributed by atoms with Gasteiger partial charge in [0.1, 0.15) is 0 Å². The Hall–Kier alpha value is -1.71. The molecule has 2 rings (SSSR count). The van der Waals surface area contributed by atoms with Gasteiger partial charge in [-0.1, -0.05) is 6.07 Å². The van der Waals surface area contributed by atoms with E-state index in [0.29, 0.717) is 0 Å². The van der Waals surface area contributed by atoms with Gasteiger partial charge in [-0.15, -0.1) is 0 Å². The number of para-hydroxylation sites is 1. The van der Waals surface area contributed by atoms with Crippen molar-refractivity contribution in [1.82, 2.24) is 4.90 Å². The summed E-state index contributed by atoms with van der Waals surface area (Å²) < 4.78 is 0. The summed E-state index contributed by atoms with van der Waals surface area (Å²) in [7, 11) is 0. The molecule has 0 aromatic heterocycles. The van der Waals surface area contributed by atoms with Crippen LogP contribution in [0.4, 0.5) is 0 Å². The zero-order valence-corrected chi connectivity index (χ0v) is 9.02. The maximum Gasteiger partial charge on any atom is 0.257 e. The van der Waals surface area contributed by atoms with Crippen molar-refractivity contribution in [2.45, 2.75) is 19.3 Å². The SMILES string of the molecule is O=C(c1cccc(O)c1O)N1CCCCC1. The lowest BCUT2D eigenvalue weighted by molar-refractivity contribution is 0.0720. The van der Waals surface area contributed by atoms with Gasteiger partial charge in [0, 0.05) is 13.1 Å². The van der Waals surface area contributed by atoms with Crippen molar-refractivity contribution in [3.8, 4) is 11.5 Å². The van der Waals surface area contributed by atoms with Crippen molar-refractivity contribution < 1.29 is 15.0 Å². The molecule has 1 aromatic carbocycles. The van der Waals surface area contributed by atoms with Gasteiger partial charge >= 0.3 is 0 Å². The number of phenols is 2. The highest BCUT2D eigenvalue weighted by Crippen LogP contribution is 2.29. The number of likely N-dealkylation sites (tertiary alicyclic amines) is 1. The van der Waals surface area contributed by atoms with E-state index in [1.54, 1.807) is 11.0 Å². The lowest BCUT2D eigenvalue weighted by atomic mass is 10.1. The number of rotatable bonds is 1. The Morgan fingerprint density at radius 3 is 2.50 bits per heavy atom. The highest BCUT2D eigenvalue weighted by Gasteiger charge is 2.21. The maximum atomic E-state index is 12.0. The predicted molar refractivity (Wildman–Crippen MR) is 59.5 cm³/mol. The van der Waals surface area contributed by atoms with E-state index >= 15 is 0 Å². The van der Waals surface area contributed by atoms with E-state index in [1.165, 1.54) is 12.1 Å². The molecule has 0 aliphatic carbocycles. The molecular formula is C12H15NO3. The summed E-state index contributed by atoms with van der Waals surface area (Å²) in [5.41, 5.74) is 0.182. The number of piperidine rings is 1. The minimum atomic E-state index is -0.321. The molecule has 1 aliphatic heterocycles.